The van der Waals surface area contributed by atoms with Gasteiger partial charge in [-0.15, -0.1) is 0 Å². The van der Waals surface area contributed by atoms with E-state index < -0.39 is 0 Å². The van der Waals surface area contributed by atoms with E-state index in [1.165, 1.54) is 35.1 Å². The number of fused-ring (bicyclic) bond motifs is 2. The first-order valence-corrected chi connectivity index (χ1v) is 5.92. The lowest BCUT2D eigenvalue weighted by atomic mass is 10.0. The van der Waals surface area contributed by atoms with Gasteiger partial charge in [0.25, 0.3) is 0 Å². The Balaban J connectivity index is 2.09. The Kier molecular flexibility index (Phi) is 2.20. The molecule has 0 atom stereocenters. The molecule has 82 valence electrons. The van der Waals surface area contributed by atoms with E-state index in [9.17, 15) is 4.39 Å². The average Bonchev–Trinajstić information content (AvgIpc) is 2.44. The lowest BCUT2D eigenvalue weighted by Gasteiger charge is -2.04. The van der Waals surface area contributed by atoms with E-state index in [0.29, 0.717) is 0 Å². The molecule has 0 bridgehead atoms. The fourth-order valence-corrected chi connectivity index (χ4v) is 2.83. The van der Waals surface area contributed by atoms with Gasteiger partial charge in [-0.1, -0.05) is 17.7 Å². The van der Waals surface area contributed by atoms with Gasteiger partial charge in [-0.05, 0) is 67.0 Å². The summed E-state index contributed by atoms with van der Waals surface area (Å²) in [6.45, 7) is 2.19. The van der Waals surface area contributed by atoms with Gasteiger partial charge in [0.05, 0.1) is 0 Å². The third-order valence-corrected chi connectivity index (χ3v) is 3.58. The number of rotatable bonds is 0. The molecule has 0 saturated carbocycles. The molecule has 2 aliphatic carbocycles. The molecule has 0 aliphatic heterocycles. The van der Waals surface area contributed by atoms with E-state index in [0.717, 1.165) is 18.4 Å². The van der Waals surface area contributed by atoms with Gasteiger partial charge in [0.2, 0.25) is 0 Å². The Labute approximate surface area is 95.5 Å². The second-order valence-corrected chi connectivity index (χ2v) is 4.83. The maximum atomic E-state index is 13.2. The van der Waals surface area contributed by atoms with Crippen LogP contribution in [0.25, 0.3) is 5.57 Å². The molecular formula is C15H15F. The van der Waals surface area contributed by atoms with Gasteiger partial charge in [0, 0.05) is 0 Å². The molecule has 0 amide bonds. The van der Waals surface area contributed by atoms with E-state index in [1.807, 2.05) is 6.07 Å². The van der Waals surface area contributed by atoms with Crippen molar-refractivity contribution in [3.8, 4) is 0 Å². The first-order chi connectivity index (χ1) is 7.74. The Morgan fingerprint density at radius 1 is 1.19 bits per heavy atom. The molecule has 1 aromatic carbocycles. The van der Waals surface area contributed by atoms with Crippen molar-refractivity contribution in [3.63, 3.8) is 0 Å². The van der Waals surface area contributed by atoms with Crippen LogP contribution < -0.4 is 0 Å². The van der Waals surface area contributed by atoms with Crippen molar-refractivity contribution < 1.29 is 4.39 Å². The van der Waals surface area contributed by atoms with E-state index in [4.69, 9.17) is 0 Å². The SMILES string of the molecule is CC1=CC2=C(CCC1)c1ccc(F)cc1C2. The minimum absolute atomic E-state index is 0.114. The second-order valence-electron chi connectivity index (χ2n) is 4.83. The van der Waals surface area contributed by atoms with Crippen LogP contribution in [0.15, 0.2) is 35.4 Å². The minimum atomic E-state index is -0.114. The van der Waals surface area contributed by atoms with Crippen molar-refractivity contribution in [3.05, 3.63) is 52.4 Å². The first kappa shape index (κ1) is 9.83. The fourth-order valence-electron chi connectivity index (χ4n) is 2.83. The molecule has 16 heavy (non-hydrogen) atoms. The highest BCUT2D eigenvalue weighted by molar-refractivity contribution is 5.79. The second kappa shape index (κ2) is 3.58. The van der Waals surface area contributed by atoms with Crippen molar-refractivity contribution in [1.29, 1.82) is 0 Å². The molecule has 0 fully saturated rings. The molecular weight excluding hydrogens is 199 g/mol. The van der Waals surface area contributed by atoms with Crippen LogP contribution in [0, 0.1) is 5.82 Å². The molecule has 1 aromatic rings. The maximum Gasteiger partial charge on any atom is 0.123 e. The summed E-state index contributed by atoms with van der Waals surface area (Å²) in [4.78, 5) is 0. The average molecular weight is 214 g/mol. The molecule has 3 rings (SSSR count). The summed E-state index contributed by atoms with van der Waals surface area (Å²) < 4.78 is 13.2. The van der Waals surface area contributed by atoms with Crippen LogP contribution in [-0.2, 0) is 6.42 Å². The van der Waals surface area contributed by atoms with Gasteiger partial charge >= 0.3 is 0 Å². The van der Waals surface area contributed by atoms with Gasteiger partial charge in [0.1, 0.15) is 5.82 Å². The summed E-state index contributed by atoms with van der Waals surface area (Å²) in [6.07, 6.45) is 6.78. The number of allylic oxidation sites excluding steroid dienone is 4. The van der Waals surface area contributed by atoms with Gasteiger partial charge in [-0.3, -0.25) is 0 Å². The standard InChI is InChI=1S/C15H15F/c1-10-3-2-4-14-11(7-10)8-12-9-13(16)5-6-15(12)14/h5-7,9H,2-4,8H2,1H3. The first-order valence-electron chi connectivity index (χ1n) is 5.92. The van der Waals surface area contributed by atoms with Gasteiger partial charge in [-0.25, -0.2) is 4.39 Å². The summed E-state index contributed by atoms with van der Waals surface area (Å²) in [6, 6.07) is 5.21. The molecule has 0 N–H and O–H groups in total. The van der Waals surface area contributed by atoms with Gasteiger partial charge in [-0.2, -0.15) is 0 Å². The van der Waals surface area contributed by atoms with Gasteiger partial charge in [0.15, 0.2) is 0 Å². The topological polar surface area (TPSA) is 0 Å². The third-order valence-electron chi connectivity index (χ3n) is 3.58. The molecule has 2 aliphatic rings. The summed E-state index contributed by atoms with van der Waals surface area (Å²) in [5.74, 6) is -0.114. The van der Waals surface area contributed by atoms with Crippen molar-refractivity contribution in [2.45, 2.75) is 32.6 Å². The predicted molar refractivity (Wildman–Crippen MR) is 64.6 cm³/mol. The van der Waals surface area contributed by atoms with Crippen molar-refractivity contribution in [2.75, 3.05) is 0 Å². The zero-order chi connectivity index (χ0) is 11.1. The van der Waals surface area contributed by atoms with E-state index in [1.54, 1.807) is 12.1 Å². The molecule has 0 spiro atoms. The number of halogens is 1. The van der Waals surface area contributed by atoms with Crippen molar-refractivity contribution in [1.82, 2.24) is 0 Å². The molecule has 0 aromatic heterocycles. The Bertz CT molecular complexity index is 506. The van der Waals surface area contributed by atoms with E-state index in [2.05, 4.69) is 13.0 Å². The van der Waals surface area contributed by atoms with Crippen LogP contribution in [0.2, 0.25) is 0 Å². The zero-order valence-corrected chi connectivity index (χ0v) is 9.52. The van der Waals surface area contributed by atoms with Crippen LogP contribution in [0.4, 0.5) is 4.39 Å². The van der Waals surface area contributed by atoms with Crippen LogP contribution in [-0.4, -0.2) is 0 Å². The smallest absolute Gasteiger partial charge is 0.123 e. The van der Waals surface area contributed by atoms with Crippen LogP contribution >= 0.6 is 0 Å². The van der Waals surface area contributed by atoms with Gasteiger partial charge < -0.3 is 0 Å². The highest BCUT2D eigenvalue weighted by atomic mass is 19.1. The molecule has 0 heterocycles. The van der Waals surface area contributed by atoms with Crippen LogP contribution in [0.3, 0.4) is 0 Å². The minimum Gasteiger partial charge on any atom is -0.207 e. The van der Waals surface area contributed by atoms with Crippen LogP contribution in [0.1, 0.15) is 37.3 Å². The Morgan fingerprint density at radius 3 is 2.94 bits per heavy atom. The van der Waals surface area contributed by atoms with E-state index in [-0.39, 0.29) is 5.82 Å². The molecule has 0 saturated heterocycles. The van der Waals surface area contributed by atoms with E-state index >= 15 is 0 Å². The summed E-state index contributed by atoms with van der Waals surface area (Å²) in [5.41, 5.74) is 6.76. The van der Waals surface area contributed by atoms with Crippen molar-refractivity contribution in [2.24, 2.45) is 0 Å². The summed E-state index contributed by atoms with van der Waals surface area (Å²) in [7, 11) is 0. The highest BCUT2D eigenvalue weighted by Gasteiger charge is 2.21. The Morgan fingerprint density at radius 2 is 2.06 bits per heavy atom. The zero-order valence-electron chi connectivity index (χ0n) is 9.52. The number of hydrogen-bond donors (Lipinski definition) is 0. The summed E-state index contributed by atoms with van der Waals surface area (Å²) in [5, 5.41) is 0. The normalized spacial score (nSPS) is 19.0. The largest absolute Gasteiger partial charge is 0.207 e. The quantitative estimate of drug-likeness (QED) is 0.605. The lowest BCUT2D eigenvalue weighted by molar-refractivity contribution is 0.626. The molecule has 0 radical (unpaired) electrons. The summed E-state index contributed by atoms with van der Waals surface area (Å²) >= 11 is 0. The molecule has 0 unspecified atom stereocenters. The van der Waals surface area contributed by atoms with Crippen LogP contribution in [0.5, 0.6) is 0 Å². The number of hydrogen-bond acceptors (Lipinski definition) is 0. The fraction of sp³-hybridized carbons (Fsp3) is 0.333. The molecule has 0 nitrogen and oxygen atoms in total. The molecule has 1 heteroatoms. The Hall–Kier alpha value is -1.37. The predicted octanol–water partition coefficient (Wildman–Crippen LogP) is 4.27. The third kappa shape index (κ3) is 1.51. The lowest BCUT2D eigenvalue weighted by Crippen LogP contribution is -1.87. The monoisotopic (exact) mass is 214 g/mol. The number of benzene rings is 1. The highest BCUT2D eigenvalue weighted by Crippen LogP contribution is 2.39. The van der Waals surface area contributed by atoms with Crippen molar-refractivity contribution >= 4 is 5.57 Å². The maximum absolute atomic E-state index is 13.2.